The van der Waals surface area contributed by atoms with Crippen LogP contribution in [0.2, 0.25) is 0 Å². The van der Waals surface area contributed by atoms with Crippen molar-refractivity contribution in [2.45, 2.75) is 33.6 Å². The first-order chi connectivity index (χ1) is 13.8. The van der Waals surface area contributed by atoms with E-state index in [0.717, 1.165) is 15.7 Å². The molecule has 0 aliphatic carbocycles. The predicted octanol–water partition coefficient (Wildman–Crippen LogP) is 3.33. The zero-order valence-electron chi connectivity index (χ0n) is 17.7. The first kappa shape index (κ1) is 23.2. The number of likely N-dealkylation sites (tertiary alicyclic amines) is 1. The Morgan fingerprint density at radius 1 is 1.17 bits per heavy atom. The normalized spacial score (nSPS) is 14.4. The molecule has 29 heavy (non-hydrogen) atoms. The monoisotopic (exact) mass is 466 g/mol. The Bertz CT molecular complexity index is 743. The Balaban J connectivity index is 1.84. The maximum atomic E-state index is 12.7. The van der Waals surface area contributed by atoms with E-state index in [0.29, 0.717) is 39.0 Å². The van der Waals surface area contributed by atoms with E-state index in [-0.39, 0.29) is 30.3 Å². The van der Waals surface area contributed by atoms with Gasteiger partial charge in [-0.05, 0) is 57.4 Å². The van der Waals surface area contributed by atoms with Crippen molar-refractivity contribution in [3.63, 3.8) is 0 Å². The summed E-state index contributed by atoms with van der Waals surface area (Å²) in [6.07, 6.45) is 1.26. The fraction of sp³-hybridized carbons (Fsp3) is 0.571. The fourth-order valence-corrected chi connectivity index (χ4v) is 4.05. The van der Waals surface area contributed by atoms with Crippen LogP contribution in [0.5, 0.6) is 0 Å². The standard InChI is InChI=1S/C21H31BrN4O3/c1-5-25(6-2)21(29)26-11-9-16(10-12-26)20(28)24(4)14-19(27)23-18-8-7-17(22)13-15(18)3/h7-8,13,16H,5-6,9-12,14H2,1-4H3,(H,23,27). The highest BCUT2D eigenvalue weighted by Gasteiger charge is 2.30. The number of nitrogens with zero attached hydrogens (tertiary/aromatic N) is 3. The molecular weight excluding hydrogens is 436 g/mol. The van der Waals surface area contributed by atoms with Crippen LogP contribution in [0.3, 0.4) is 0 Å². The third-order valence-corrected chi connectivity index (χ3v) is 5.86. The van der Waals surface area contributed by atoms with Crippen molar-refractivity contribution in [1.29, 1.82) is 0 Å². The molecule has 1 aliphatic rings. The Hall–Kier alpha value is -2.09. The minimum atomic E-state index is -0.222. The molecule has 0 atom stereocenters. The largest absolute Gasteiger partial charge is 0.336 e. The second kappa shape index (κ2) is 10.6. The van der Waals surface area contributed by atoms with E-state index in [1.165, 1.54) is 4.90 Å². The van der Waals surface area contributed by atoms with E-state index in [2.05, 4.69) is 21.2 Å². The van der Waals surface area contributed by atoms with Gasteiger partial charge in [-0.3, -0.25) is 9.59 Å². The summed E-state index contributed by atoms with van der Waals surface area (Å²) in [6.45, 7) is 8.37. The highest BCUT2D eigenvalue weighted by atomic mass is 79.9. The molecule has 1 fully saturated rings. The van der Waals surface area contributed by atoms with Crippen LogP contribution in [-0.2, 0) is 9.59 Å². The van der Waals surface area contributed by atoms with Gasteiger partial charge in [0.25, 0.3) is 0 Å². The van der Waals surface area contributed by atoms with Crippen molar-refractivity contribution in [3.8, 4) is 0 Å². The van der Waals surface area contributed by atoms with E-state index in [9.17, 15) is 14.4 Å². The third kappa shape index (κ3) is 6.19. The number of aryl methyl sites for hydroxylation is 1. The van der Waals surface area contributed by atoms with Crippen LogP contribution >= 0.6 is 15.9 Å². The minimum absolute atomic E-state index is 0.00687. The molecule has 0 spiro atoms. The summed E-state index contributed by atoms with van der Waals surface area (Å²) in [6, 6.07) is 5.67. The number of urea groups is 1. The van der Waals surface area contributed by atoms with E-state index in [1.54, 1.807) is 11.9 Å². The molecule has 2 rings (SSSR count). The molecule has 7 nitrogen and oxygen atoms in total. The smallest absolute Gasteiger partial charge is 0.319 e. The fourth-order valence-electron chi connectivity index (χ4n) is 3.57. The van der Waals surface area contributed by atoms with E-state index in [4.69, 9.17) is 0 Å². The second-order valence-corrected chi connectivity index (χ2v) is 8.33. The average molecular weight is 467 g/mol. The number of halogens is 1. The molecule has 1 heterocycles. The van der Waals surface area contributed by atoms with Gasteiger partial charge in [-0.2, -0.15) is 0 Å². The minimum Gasteiger partial charge on any atom is -0.336 e. The first-order valence-corrected chi connectivity index (χ1v) is 10.9. The highest BCUT2D eigenvalue weighted by molar-refractivity contribution is 9.10. The molecule has 0 unspecified atom stereocenters. The van der Waals surface area contributed by atoms with Crippen LogP contribution in [0.4, 0.5) is 10.5 Å². The van der Waals surface area contributed by atoms with Crippen molar-refractivity contribution in [1.82, 2.24) is 14.7 Å². The van der Waals surface area contributed by atoms with Gasteiger partial charge in [0.2, 0.25) is 11.8 Å². The van der Waals surface area contributed by atoms with Gasteiger partial charge in [0.15, 0.2) is 0 Å². The van der Waals surface area contributed by atoms with Crippen molar-refractivity contribution >= 4 is 39.5 Å². The number of rotatable bonds is 6. The number of carbonyl (C=O) groups is 3. The molecule has 160 valence electrons. The Kier molecular flexibility index (Phi) is 8.49. The van der Waals surface area contributed by atoms with Gasteiger partial charge in [-0.25, -0.2) is 4.79 Å². The molecule has 1 aromatic carbocycles. The average Bonchev–Trinajstić information content (AvgIpc) is 2.70. The van der Waals surface area contributed by atoms with Gasteiger partial charge in [0.05, 0.1) is 6.54 Å². The van der Waals surface area contributed by atoms with E-state index in [1.807, 2.05) is 43.9 Å². The maximum absolute atomic E-state index is 12.7. The molecule has 1 aliphatic heterocycles. The second-order valence-electron chi connectivity index (χ2n) is 7.42. The number of hydrogen-bond donors (Lipinski definition) is 1. The quantitative estimate of drug-likeness (QED) is 0.698. The summed E-state index contributed by atoms with van der Waals surface area (Å²) in [5.41, 5.74) is 1.69. The van der Waals surface area contributed by atoms with Crippen LogP contribution in [0.1, 0.15) is 32.3 Å². The first-order valence-electron chi connectivity index (χ1n) is 10.1. The SMILES string of the molecule is CCN(CC)C(=O)N1CCC(C(=O)N(C)CC(=O)Nc2ccc(Br)cc2C)CC1. The summed E-state index contributed by atoms with van der Waals surface area (Å²) in [7, 11) is 1.66. The van der Waals surface area contributed by atoms with Crippen LogP contribution in [0.25, 0.3) is 0 Å². The lowest BCUT2D eigenvalue weighted by atomic mass is 9.95. The van der Waals surface area contributed by atoms with Crippen LogP contribution in [0, 0.1) is 12.8 Å². The van der Waals surface area contributed by atoms with Crippen LogP contribution in [-0.4, -0.2) is 72.3 Å². The summed E-state index contributed by atoms with van der Waals surface area (Å²) in [5, 5.41) is 2.86. The molecule has 1 aromatic rings. The van der Waals surface area contributed by atoms with E-state index >= 15 is 0 Å². The molecule has 1 saturated heterocycles. The van der Waals surface area contributed by atoms with Gasteiger partial charge in [-0.1, -0.05) is 15.9 Å². The molecule has 0 bridgehead atoms. The zero-order chi connectivity index (χ0) is 21.6. The van der Waals surface area contributed by atoms with Crippen molar-refractivity contribution in [2.75, 3.05) is 45.1 Å². The van der Waals surface area contributed by atoms with Gasteiger partial charge in [0, 0.05) is 49.3 Å². The topological polar surface area (TPSA) is 73.0 Å². The Morgan fingerprint density at radius 3 is 2.34 bits per heavy atom. The van der Waals surface area contributed by atoms with E-state index < -0.39 is 0 Å². The van der Waals surface area contributed by atoms with Crippen molar-refractivity contribution in [2.24, 2.45) is 5.92 Å². The van der Waals surface area contributed by atoms with Crippen LogP contribution < -0.4 is 5.32 Å². The van der Waals surface area contributed by atoms with Gasteiger partial charge < -0.3 is 20.0 Å². The third-order valence-electron chi connectivity index (χ3n) is 5.37. The number of likely N-dealkylation sites (N-methyl/N-ethyl adjacent to an activating group) is 1. The Morgan fingerprint density at radius 2 is 1.79 bits per heavy atom. The molecule has 8 heteroatoms. The zero-order valence-corrected chi connectivity index (χ0v) is 19.3. The van der Waals surface area contributed by atoms with Crippen molar-refractivity contribution in [3.05, 3.63) is 28.2 Å². The summed E-state index contributed by atoms with van der Waals surface area (Å²) in [4.78, 5) is 42.6. The van der Waals surface area contributed by atoms with Gasteiger partial charge in [-0.15, -0.1) is 0 Å². The van der Waals surface area contributed by atoms with Gasteiger partial charge >= 0.3 is 6.03 Å². The van der Waals surface area contributed by atoms with Gasteiger partial charge in [0.1, 0.15) is 0 Å². The molecule has 0 aromatic heterocycles. The molecule has 0 saturated carbocycles. The molecule has 0 radical (unpaired) electrons. The lowest BCUT2D eigenvalue weighted by Gasteiger charge is -2.35. The lowest BCUT2D eigenvalue weighted by molar-refractivity contribution is -0.138. The van der Waals surface area contributed by atoms with Crippen molar-refractivity contribution < 1.29 is 14.4 Å². The number of piperidine rings is 1. The summed E-state index contributed by atoms with van der Waals surface area (Å²) < 4.78 is 0.950. The Labute approximate surface area is 181 Å². The summed E-state index contributed by atoms with van der Waals surface area (Å²) >= 11 is 3.40. The number of hydrogen-bond acceptors (Lipinski definition) is 3. The molecule has 1 N–H and O–H groups in total. The lowest BCUT2D eigenvalue weighted by Crippen LogP contribution is -2.49. The summed E-state index contributed by atoms with van der Waals surface area (Å²) in [5.74, 6) is -0.411. The molecular formula is C21H31BrN4O3. The number of benzene rings is 1. The maximum Gasteiger partial charge on any atom is 0.319 e. The number of anilines is 1. The predicted molar refractivity (Wildman–Crippen MR) is 118 cm³/mol. The highest BCUT2D eigenvalue weighted by Crippen LogP contribution is 2.22. The van der Waals surface area contributed by atoms with Crippen LogP contribution in [0.15, 0.2) is 22.7 Å². The number of amides is 4. The number of nitrogens with one attached hydrogen (secondary N) is 1. The number of carbonyl (C=O) groups excluding carboxylic acids is 3. The molecule has 4 amide bonds.